The molecule has 1 aromatic heterocycles. The predicted octanol–water partition coefficient (Wildman–Crippen LogP) is 4.45. The van der Waals surface area contributed by atoms with E-state index in [2.05, 4.69) is 24.5 Å². The first-order valence-corrected chi connectivity index (χ1v) is 12.3. The first-order chi connectivity index (χ1) is 16.1. The van der Waals surface area contributed by atoms with Gasteiger partial charge in [-0.05, 0) is 50.3 Å². The van der Waals surface area contributed by atoms with Crippen molar-refractivity contribution in [3.8, 4) is 0 Å². The quantitative estimate of drug-likeness (QED) is 0.654. The van der Waals surface area contributed by atoms with Crippen molar-refractivity contribution < 1.29 is 18.8 Å². The summed E-state index contributed by atoms with van der Waals surface area (Å²) >= 11 is 0. The summed E-state index contributed by atoms with van der Waals surface area (Å²) in [4.78, 5) is 41.6. The molecule has 184 valence electrons. The van der Waals surface area contributed by atoms with Gasteiger partial charge in [0.25, 0.3) is 5.91 Å². The molecule has 1 saturated carbocycles. The van der Waals surface area contributed by atoms with E-state index in [-0.39, 0.29) is 30.3 Å². The fourth-order valence-corrected chi connectivity index (χ4v) is 5.49. The van der Waals surface area contributed by atoms with Crippen LogP contribution in [-0.2, 0) is 16.1 Å². The number of anilines is 1. The highest BCUT2D eigenvalue weighted by atomic mass is 19.1. The van der Waals surface area contributed by atoms with Gasteiger partial charge in [-0.25, -0.2) is 4.39 Å². The Hall–Kier alpha value is -2.90. The van der Waals surface area contributed by atoms with Crippen LogP contribution in [0.4, 0.5) is 10.1 Å². The number of aromatic nitrogens is 1. The van der Waals surface area contributed by atoms with Crippen LogP contribution in [0.25, 0.3) is 10.9 Å². The third-order valence-electron chi connectivity index (χ3n) is 7.18. The Labute approximate surface area is 200 Å². The van der Waals surface area contributed by atoms with Gasteiger partial charge in [0.05, 0.1) is 17.7 Å². The average Bonchev–Trinajstić information content (AvgIpc) is 3.06. The van der Waals surface area contributed by atoms with Crippen LogP contribution in [0.5, 0.6) is 0 Å². The Balaban J connectivity index is 1.85. The lowest BCUT2D eigenvalue weighted by atomic mass is 9.86. The topological polar surface area (TPSA) is 83.4 Å². The van der Waals surface area contributed by atoms with Crippen LogP contribution in [0.3, 0.4) is 0 Å². The maximum absolute atomic E-state index is 14.2. The van der Waals surface area contributed by atoms with Gasteiger partial charge in [-0.1, -0.05) is 33.1 Å². The number of rotatable bonds is 6. The summed E-state index contributed by atoms with van der Waals surface area (Å²) < 4.78 is 16.0. The Morgan fingerprint density at radius 2 is 1.91 bits per heavy atom. The number of carbonyl (C=O) groups is 3. The van der Waals surface area contributed by atoms with E-state index in [4.69, 9.17) is 0 Å². The molecule has 34 heavy (non-hydrogen) atoms. The van der Waals surface area contributed by atoms with Crippen molar-refractivity contribution in [3.05, 3.63) is 29.7 Å². The SMILES string of the molecule is CC(=O)Nc1c2n(c3ccc(F)cc13)CC(C)(C(=O)NCCC(C)C)N(C1CCCCC1)C2=O. The molecule has 1 atom stereocenters. The van der Waals surface area contributed by atoms with Crippen LogP contribution < -0.4 is 10.6 Å². The number of fused-ring (bicyclic) bond motifs is 3. The van der Waals surface area contributed by atoms with Gasteiger partial charge >= 0.3 is 0 Å². The lowest BCUT2D eigenvalue weighted by Gasteiger charge is -2.49. The van der Waals surface area contributed by atoms with Crippen LogP contribution in [-0.4, -0.2) is 45.3 Å². The largest absolute Gasteiger partial charge is 0.354 e. The molecule has 0 bridgehead atoms. The number of halogens is 1. The monoisotopic (exact) mass is 470 g/mol. The standard InChI is InChI=1S/C26H35FN4O3/c1-16(2)12-13-28-25(34)26(4)15-30-21-11-10-18(27)14-20(21)22(29-17(3)32)23(30)24(33)31(26)19-8-6-5-7-9-19/h10-11,14,16,19H,5-9,12-13,15H2,1-4H3,(H,28,34)(H,29,32). The lowest BCUT2D eigenvalue weighted by molar-refractivity contribution is -0.134. The number of nitrogens with zero attached hydrogens (tertiary/aromatic N) is 2. The second-order valence-electron chi connectivity index (χ2n) is 10.3. The normalized spacial score (nSPS) is 21.1. The van der Waals surface area contributed by atoms with Crippen LogP contribution >= 0.6 is 0 Å². The molecular formula is C26H35FN4O3. The molecule has 2 aromatic rings. The summed E-state index contributed by atoms with van der Waals surface area (Å²) in [6, 6.07) is 4.23. The van der Waals surface area contributed by atoms with E-state index in [1.165, 1.54) is 19.1 Å². The molecule has 0 radical (unpaired) electrons. The highest BCUT2D eigenvalue weighted by molar-refractivity contribution is 6.14. The van der Waals surface area contributed by atoms with Crippen LogP contribution in [0, 0.1) is 11.7 Å². The van der Waals surface area contributed by atoms with Gasteiger partial charge in [0, 0.05) is 24.9 Å². The molecule has 2 heterocycles. The highest BCUT2D eigenvalue weighted by Gasteiger charge is 2.51. The first-order valence-electron chi connectivity index (χ1n) is 12.3. The molecule has 8 heteroatoms. The number of amides is 3. The van der Waals surface area contributed by atoms with Crippen LogP contribution in [0.1, 0.15) is 76.7 Å². The second kappa shape index (κ2) is 9.39. The van der Waals surface area contributed by atoms with Gasteiger partial charge in [0.1, 0.15) is 17.1 Å². The minimum atomic E-state index is -1.10. The highest BCUT2D eigenvalue weighted by Crippen LogP contribution is 2.41. The Morgan fingerprint density at radius 1 is 1.21 bits per heavy atom. The van der Waals surface area contributed by atoms with Gasteiger partial charge in [0.2, 0.25) is 11.8 Å². The maximum Gasteiger partial charge on any atom is 0.273 e. The third kappa shape index (κ3) is 4.30. The fourth-order valence-electron chi connectivity index (χ4n) is 5.49. The number of benzene rings is 1. The van der Waals surface area contributed by atoms with Gasteiger partial charge in [0.15, 0.2) is 0 Å². The second-order valence-corrected chi connectivity index (χ2v) is 10.3. The maximum atomic E-state index is 14.2. The summed E-state index contributed by atoms with van der Waals surface area (Å²) in [5, 5.41) is 6.30. The summed E-state index contributed by atoms with van der Waals surface area (Å²) in [6.07, 6.45) is 5.66. The molecule has 7 nitrogen and oxygen atoms in total. The number of nitrogens with one attached hydrogen (secondary N) is 2. The molecule has 1 aromatic carbocycles. The summed E-state index contributed by atoms with van der Waals surface area (Å²) in [5.41, 5.74) is 0.151. The molecule has 0 spiro atoms. The smallest absolute Gasteiger partial charge is 0.273 e. The zero-order valence-corrected chi connectivity index (χ0v) is 20.5. The minimum absolute atomic E-state index is 0.0595. The number of carbonyl (C=O) groups excluding carboxylic acids is 3. The minimum Gasteiger partial charge on any atom is -0.354 e. The van der Waals surface area contributed by atoms with Crippen molar-refractivity contribution in [3.63, 3.8) is 0 Å². The molecule has 0 saturated heterocycles. The lowest BCUT2D eigenvalue weighted by Crippen LogP contribution is -2.67. The van der Waals surface area contributed by atoms with E-state index < -0.39 is 11.4 Å². The number of hydrogen-bond donors (Lipinski definition) is 2. The Morgan fingerprint density at radius 3 is 2.56 bits per heavy atom. The molecule has 2 aliphatic rings. The van der Waals surface area contributed by atoms with E-state index in [0.29, 0.717) is 34.7 Å². The van der Waals surface area contributed by atoms with Gasteiger partial charge in [-0.3, -0.25) is 14.4 Å². The van der Waals surface area contributed by atoms with Crippen molar-refractivity contribution in [2.75, 3.05) is 11.9 Å². The summed E-state index contributed by atoms with van der Waals surface area (Å²) in [7, 11) is 0. The molecule has 1 aliphatic heterocycles. The Kier molecular flexibility index (Phi) is 6.69. The molecule has 1 aliphatic carbocycles. The fraction of sp³-hybridized carbons (Fsp3) is 0.577. The average molecular weight is 471 g/mol. The summed E-state index contributed by atoms with van der Waals surface area (Å²) in [6.45, 7) is 8.19. The summed E-state index contributed by atoms with van der Waals surface area (Å²) in [5.74, 6) is -0.808. The van der Waals surface area contributed by atoms with Crippen molar-refractivity contribution >= 4 is 34.3 Å². The molecule has 1 unspecified atom stereocenters. The van der Waals surface area contributed by atoms with E-state index in [0.717, 1.165) is 38.5 Å². The van der Waals surface area contributed by atoms with Gasteiger partial charge in [-0.15, -0.1) is 0 Å². The first kappa shape index (κ1) is 24.2. The van der Waals surface area contributed by atoms with Crippen LogP contribution in [0.2, 0.25) is 0 Å². The van der Waals surface area contributed by atoms with Crippen LogP contribution in [0.15, 0.2) is 18.2 Å². The molecule has 3 amide bonds. The van der Waals surface area contributed by atoms with Crippen molar-refractivity contribution in [2.24, 2.45) is 5.92 Å². The van der Waals surface area contributed by atoms with Crippen molar-refractivity contribution in [1.29, 1.82) is 0 Å². The van der Waals surface area contributed by atoms with Gasteiger partial charge in [-0.2, -0.15) is 0 Å². The zero-order chi connectivity index (χ0) is 24.6. The third-order valence-corrected chi connectivity index (χ3v) is 7.18. The van der Waals surface area contributed by atoms with Gasteiger partial charge < -0.3 is 20.1 Å². The molecule has 2 N–H and O–H groups in total. The van der Waals surface area contributed by atoms with Crippen molar-refractivity contribution in [2.45, 2.75) is 84.3 Å². The predicted molar refractivity (Wildman–Crippen MR) is 130 cm³/mol. The van der Waals surface area contributed by atoms with E-state index >= 15 is 0 Å². The molecule has 4 rings (SSSR count). The van der Waals surface area contributed by atoms with E-state index in [1.54, 1.807) is 15.5 Å². The van der Waals surface area contributed by atoms with E-state index in [9.17, 15) is 18.8 Å². The zero-order valence-electron chi connectivity index (χ0n) is 20.5. The number of hydrogen-bond acceptors (Lipinski definition) is 3. The molecule has 1 fully saturated rings. The Bertz CT molecular complexity index is 1120. The molecular weight excluding hydrogens is 435 g/mol. The van der Waals surface area contributed by atoms with E-state index in [1.807, 2.05) is 6.92 Å². The van der Waals surface area contributed by atoms with Crippen molar-refractivity contribution in [1.82, 2.24) is 14.8 Å².